The fourth-order valence-corrected chi connectivity index (χ4v) is 2.85. The average molecular weight is 312 g/mol. The lowest BCUT2D eigenvalue weighted by atomic mass is 9.93. The van der Waals surface area contributed by atoms with E-state index in [1.54, 1.807) is 7.05 Å². The quantitative estimate of drug-likeness (QED) is 0.872. The molecule has 1 aromatic carbocycles. The van der Waals surface area contributed by atoms with E-state index in [1.165, 1.54) is 0 Å². The highest BCUT2D eigenvalue weighted by molar-refractivity contribution is 5.75. The summed E-state index contributed by atoms with van der Waals surface area (Å²) in [6.45, 7) is 1.76. The molecule has 1 amide bonds. The summed E-state index contributed by atoms with van der Waals surface area (Å²) in [7, 11) is 1.63. The van der Waals surface area contributed by atoms with E-state index in [0.29, 0.717) is 12.3 Å². The van der Waals surface area contributed by atoms with Gasteiger partial charge in [-0.1, -0.05) is 0 Å². The Morgan fingerprint density at radius 1 is 1.41 bits per heavy atom. The summed E-state index contributed by atoms with van der Waals surface area (Å²) in [5.41, 5.74) is -0.00696. The standard InChI is InChI=1S/C16H22F2N2O2/c1-19-16(22)8-11-4-6-20(7-5-11)10-15(21)13-9-12(17)2-3-14(13)18/h2-3,9,11,15,21H,4-8,10H2,1H3,(H,19,22). The van der Waals surface area contributed by atoms with Crippen molar-refractivity contribution in [1.82, 2.24) is 10.2 Å². The third-order valence-electron chi connectivity index (χ3n) is 4.21. The van der Waals surface area contributed by atoms with Crippen LogP contribution in [-0.2, 0) is 4.79 Å². The SMILES string of the molecule is CNC(=O)CC1CCN(CC(O)c2cc(F)ccc2F)CC1. The normalized spacial score (nSPS) is 18.2. The Labute approximate surface area is 129 Å². The van der Waals surface area contributed by atoms with Gasteiger partial charge in [-0.25, -0.2) is 8.78 Å². The molecule has 0 bridgehead atoms. The van der Waals surface area contributed by atoms with E-state index in [0.717, 1.165) is 44.1 Å². The number of piperidine rings is 1. The van der Waals surface area contributed by atoms with Crippen molar-refractivity contribution < 1.29 is 18.7 Å². The maximum atomic E-state index is 13.6. The van der Waals surface area contributed by atoms with Gasteiger partial charge in [-0.2, -0.15) is 0 Å². The smallest absolute Gasteiger partial charge is 0.220 e. The minimum atomic E-state index is -1.05. The summed E-state index contributed by atoms with van der Waals surface area (Å²) >= 11 is 0. The monoisotopic (exact) mass is 312 g/mol. The van der Waals surface area contributed by atoms with E-state index in [4.69, 9.17) is 0 Å². The Kier molecular flexibility index (Phi) is 5.85. The molecule has 1 aliphatic rings. The van der Waals surface area contributed by atoms with E-state index >= 15 is 0 Å². The predicted octanol–water partition coefficient (Wildman–Crippen LogP) is 1.85. The summed E-state index contributed by atoms with van der Waals surface area (Å²) in [4.78, 5) is 13.4. The number of nitrogens with zero attached hydrogens (tertiary/aromatic N) is 1. The lowest BCUT2D eigenvalue weighted by Gasteiger charge is -2.33. The fourth-order valence-electron chi connectivity index (χ4n) is 2.85. The number of halogens is 2. The summed E-state index contributed by atoms with van der Waals surface area (Å²) < 4.78 is 26.8. The molecule has 6 heteroatoms. The van der Waals surface area contributed by atoms with Crippen molar-refractivity contribution in [3.05, 3.63) is 35.4 Å². The molecular weight excluding hydrogens is 290 g/mol. The van der Waals surface area contributed by atoms with Gasteiger partial charge in [-0.3, -0.25) is 4.79 Å². The Balaban J connectivity index is 1.85. The lowest BCUT2D eigenvalue weighted by Crippen LogP contribution is -2.38. The minimum absolute atomic E-state index is 0.00696. The van der Waals surface area contributed by atoms with Crippen LogP contribution >= 0.6 is 0 Å². The second kappa shape index (κ2) is 7.65. The van der Waals surface area contributed by atoms with Gasteiger partial charge in [-0.05, 0) is 50.0 Å². The number of carbonyl (C=O) groups excluding carboxylic acids is 1. The number of hydrogen-bond acceptors (Lipinski definition) is 3. The Morgan fingerprint density at radius 2 is 2.09 bits per heavy atom. The molecule has 2 rings (SSSR count). The van der Waals surface area contributed by atoms with Crippen molar-refractivity contribution in [1.29, 1.82) is 0 Å². The van der Waals surface area contributed by atoms with Gasteiger partial charge in [0, 0.05) is 25.6 Å². The van der Waals surface area contributed by atoms with E-state index in [-0.39, 0.29) is 18.0 Å². The number of amides is 1. The molecule has 0 aliphatic carbocycles. The van der Waals surface area contributed by atoms with Crippen molar-refractivity contribution in [2.75, 3.05) is 26.7 Å². The maximum absolute atomic E-state index is 13.6. The van der Waals surface area contributed by atoms with Gasteiger partial charge in [0.15, 0.2) is 0 Å². The fraction of sp³-hybridized carbons (Fsp3) is 0.562. The van der Waals surface area contributed by atoms with Gasteiger partial charge in [0.05, 0.1) is 6.10 Å². The molecule has 1 saturated heterocycles. The molecule has 1 unspecified atom stereocenters. The Bertz CT molecular complexity index is 517. The van der Waals surface area contributed by atoms with Crippen LogP contribution in [0, 0.1) is 17.6 Å². The minimum Gasteiger partial charge on any atom is -0.387 e. The Morgan fingerprint density at radius 3 is 2.73 bits per heavy atom. The van der Waals surface area contributed by atoms with Crippen molar-refractivity contribution in [2.45, 2.75) is 25.4 Å². The van der Waals surface area contributed by atoms with Crippen LogP contribution < -0.4 is 5.32 Å². The number of aliphatic hydroxyl groups excluding tert-OH is 1. The number of likely N-dealkylation sites (tertiary alicyclic amines) is 1. The largest absolute Gasteiger partial charge is 0.387 e. The van der Waals surface area contributed by atoms with Crippen LogP contribution in [-0.4, -0.2) is 42.6 Å². The molecule has 0 spiro atoms. The van der Waals surface area contributed by atoms with Gasteiger partial charge in [0.25, 0.3) is 0 Å². The molecule has 1 heterocycles. The molecular formula is C16H22F2N2O2. The highest BCUT2D eigenvalue weighted by Crippen LogP contribution is 2.24. The average Bonchev–Trinajstić information content (AvgIpc) is 2.51. The first-order chi connectivity index (χ1) is 10.5. The van der Waals surface area contributed by atoms with Gasteiger partial charge in [0.1, 0.15) is 11.6 Å². The summed E-state index contributed by atoms with van der Waals surface area (Å²) in [6.07, 6.45) is 1.20. The van der Waals surface area contributed by atoms with E-state index in [9.17, 15) is 18.7 Å². The Hall–Kier alpha value is -1.53. The molecule has 22 heavy (non-hydrogen) atoms. The molecule has 4 nitrogen and oxygen atoms in total. The molecule has 1 atom stereocenters. The van der Waals surface area contributed by atoms with Crippen molar-refractivity contribution in [3.63, 3.8) is 0 Å². The third-order valence-corrected chi connectivity index (χ3v) is 4.21. The van der Waals surface area contributed by atoms with Crippen molar-refractivity contribution in [2.24, 2.45) is 5.92 Å². The second-order valence-electron chi connectivity index (χ2n) is 5.80. The first-order valence-electron chi connectivity index (χ1n) is 7.55. The van der Waals surface area contributed by atoms with Gasteiger partial charge in [0.2, 0.25) is 5.91 Å². The second-order valence-corrected chi connectivity index (χ2v) is 5.80. The molecule has 1 aromatic rings. The van der Waals surface area contributed by atoms with Gasteiger partial charge >= 0.3 is 0 Å². The number of carbonyl (C=O) groups is 1. The molecule has 0 radical (unpaired) electrons. The number of aliphatic hydroxyl groups is 1. The third kappa shape index (κ3) is 4.48. The maximum Gasteiger partial charge on any atom is 0.220 e. The first-order valence-corrected chi connectivity index (χ1v) is 7.55. The van der Waals surface area contributed by atoms with Gasteiger partial charge in [-0.15, -0.1) is 0 Å². The van der Waals surface area contributed by atoms with E-state index < -0.39 is 17.7 Å². The molecule has 1 aliphatic heterocycles. The molecule has 122 valence electrons. The van der Waals surface area contributed by atoms with Crippen LogP contribution in [0.3, 0.4) is 0 Å². The van der Waals surface area contributed by atoms with Crippen LogP contribution in [0.15, 0.2) is 18.2 Å². The number of β-amino-alcohol motifs (C(OH)–C–C–N with tert-alkyl or cyclic N) is 1. The van der Waals surface area contributed by atoms with E-state index in [2.05, 4.69) is 5.32 Å². The van der Waals surface area contributed by atoms with Crippen molar-refractivity contribution in [3.8, 4) is 0 Å². The zero-order chi connectivity index (χ0) is 16.1. The summed E-state index contributed by atoms with van der Waals surface area (Å²) in [5.74, 6) is -0.761. The van der Waals surface area contributed by atoms with Crippen LogP contribution in [0.4, 0.5) is 8.78 Å². The number of benzene rings is 1. The lowest BCUT2D eigenvalue weighted by molar-refractivity contribution is -0.121. The highest BCUT2D eigenvalue weighted by Gasteiger charge is 2.24. The van der Waals surface area contributed by atoms with E-state index in [1.807, 2.05) is 4.90 Å². The topological polar surface area (TPSA) is 52.6 Å². The van der Waals surface area contributed by atoms with Crippen LogP contribution in [0.2, 0.25) is 0 Å². The number of rotatable bonds is 5. The van der Waals surface area contributed by atoms with Crippen LogP contribution in [0.25, 0.3) is 0 Å². The van der Waals surface area contributed by atoms with Crippen LogP contribution in [0.1, 0.15) is 30.9 Å². The zero-order valence-corrected chi connectivity index (χ0v) is 12.7. The molecule has 1 fully saturated rings. The van der Waals surface area contributed by atoms with Crippen molar-refractivity contribution >= 4 is 5.91 Å². The zero-order valence-electron chi connectivity index (χ0n) is 12.7. The van der Waals surface area contributed by atoms with Crippen LogP contribution in [0.5, 0.6) is 0 Å². The summed E-state index contributed by atoms with van der Waals surface area (Å²) in [6, 6.07) is 3.11. The molecule has 0 aromatic heterocycles. The number of nitrogens with one attached hydrogen (secondary N) is 1. The predicted molar refractivity (Wildman–Crippen MR) is 79.2 cm³/mol. The first kappa shape index (κ1) is 16.8. The molecule has 0 saturated carbocycles. The summed E-state index contributed by atoms with van der Waals surface area (Å²) in [5, 5.41) is 12.7. The number of hydrogen-bond donors (Lipinski definition) is 2. The molecule has 2 N–H and O–H groups in total. The van der Waals surface area contributed by atoms with Gasteiger partial charge < -0.3 is 15.3 Å². The highest BCUT2D eigenvalue weighted by atomic mass is 19.1.